The number of nitrogens with zero attached hydrogens (tertiary/aromatic N) is 1. The third kappa shape index (κ3) is 3.96. The summed E-state index contributed by atoms with van der Waals surface area (Å²) in [7, 11) is 0. The molecule has 4 heteroatoms. The summed E-state index contributed by atoms with van der Waals surface area (Å²) in [4.78, 5) is 13.6. The number of hydrogen-bond donors (Lipinski definition) is 2. The maximum atomic E-state index is 11.1. The van der Waals surface area contributed by atoms with Gasteiger partial charge in [-0.2, -0.15) is 0 Å². The summed E-state index contributed by atoms with van der Waals surface area (Å²) >= 11 is 0. The molecular formula is C13H25N3O. The first-order valence-corrected chi connectivity index (χ1v) is 7.00. The highest BCUT2D eigenvalue weighted by atomic mass is 16.1. The van der Waals surface area contributed by atoms with Crippen molar-refractivity contribution in [1.29, 1.82) is 0 Å². The molecule has 2 rings (SSSR count). The van der Waals surface area contributed by atoms with Crippen molar-refractivity contribution < 1.29 is 4.79 Å². The van der Waals surface area contributed by atoms with Crippen LogP contribution in [0.25, 0.3) is 0 Å². The van der Waals surface area contributed by atoms with Crippen molar-refractivity contribution in [1.82, 2.24) is 15.5 Å². The zero-order chi connectivity index (χ0) is 12.1. The molecule has 2 atom stereocenters. The highest BCUT2D eigenvalue weighted by Crippen LogP contribution is 2.11. The van der Waals surface area contributed by atoms with Gasteiger partial charge in [0, 0.05) is 31.6 Å². The summed E-state index contributed by atoms with van der Waals surface area (Å²) in [6.45, 7) is 6.76. The minimum atomic E-state index is 0.209. The van der Waals surface area contributed by atoms with Gasteiger partial charge in [0.05, 0.1) is 0 Å². The number of nitrogens with one attached hydrogen (secondary N) is 2. The lowest BCUT2D eigenvalue weighted by atomic mass is 10.1. The second-order valence-corrected chi connectivity index (χ2v) is 5.41. The fourth-order valence-electron chi connectivity index (χ4n) is 2.79. The molecule has 2 saturated heterocycles. The number of carbonyl (C=O) groups is 1. The summed E-state index contributed by atoms with van der Waals surface area (Å²) in [6, 6.07) is 0.975. The van der Waals surface area contributed by atoms with Crippen molar-refractivity contribution in [3.05, 3.63) is 0 Å². The van der Waals surface area contributed by atoms with E-state index in [2.05, 4.69) is 22.5 Å². The second kappa shape index (κ2) is 6.36. The normalized spacial score (nSPS) is 28.1. The summed E-state index contributed by atoms with van der Waals surface area (Å²) < 4.78 is 0. The molecule has 2 fully saturated rings. The van der Waals surface area contributed by atoms with E-state index in [0.717, 1.165) is 19.5 Å². The largest absolute Gasteiger partial charge is 0.352 e. The molecule has 2 aliphatic rings. The third-order valence-electron chi connectivity index (χ3n) is 3.93. The van der Waals surface area contributed by atoms with Gasteiger partial charge in [-0.05, 0) is 39.3 Å². The minimum Gasteiger partial charge on any atom is -0.352 e. The molecule has 0 aromatic heterocycles. The second-order valence-electron chi connectivity index (χ2n) is 5.41. The molecule has 2 heterocycles. The smallest absolute Gasteiger partial charge is 0.220 e. The van der Waals surface area contributed by atoms with Crippen molar-refractivity contribution in [3.8, 4) is 0 Å². The van der Waals surface area contributed by atoms with E-state index < -0.39 is 0 Å². The van der Waals surface area contributed by atoms with Crippen LogP contribution in [0.15, 0.2) is 0 Å². The minimum absolute atomic E-state index is 0.209. The molecule has 0 spiro atoms. The van der Waals surface area contributed by atoms with Crippen LogP contribution in [-0.2, 0) is 4.79 Å². The van der Waals surface area contributed by atoms with Gasteiger partial charge in [-0.15, -0.1) is 0 Å². The fraction of sp³-hybridized carbons (Fsp3) is 0.923. The predicted molar refractivity (Wildman–Crippen MR) is 68.9 cm³/mol. The van der Waals surface area contributed by atoms with Crippen LogP contribution in [-0.4, -0.2) is 49.1 Å². The molecule has 4 nitrogen and oxygen atoms in total. The van der Waals surface area contributed by atoms with Crippen LogP contribution in [0, 0.1) is 0 Å². The van der Waals surface area contributed by atoms with E-state index in [1.54, 1.807) is 0 Å². The summed E-state index contributed by atoms with van der Waals surface area (Å²) in [5.74, 6) is 0.209. The first-order chi connectivity index (χ1) is 8.25. The standard InChI is InChI=1S/C13H25N3O/c1-11(16-7-3-2-4-8-16)9-14-10-12-5-6-13(17)15-12/h11-12,14H,2-10H2,1H3,(H,15,17). The van der Waals surface area contributed by atoms with Gasteiger partial charge < -0.3 is 10.6 Å². The van der Waals surface area contributed by atoms with Crippen molar-refractivity contribution in [2.75, 3.05) is 26.2 Å². The van der Waals surface area contributed by atoms with Gasteiger partial charge in [-0.3, -0.25) is 9.69 Å². The van der Waals surface area contributed by atoms with E-state index in [0.29, 0.717) is 18.5 Å². The molecule has 0 saturated carbocycles. The van der Waals surface area contributed by atoms with E-state index >= 15 is 0 Å². The number of hydrogen-bond acceptors (Lipinski definition) is 3. The number of amides is 1. The van der Waals surface area contributed by atoms with Crippen molar-refractivity contribution in [2.45, 2.75) is 51.1 Å². The first-order valence-electron chi connectivity index (χ1n) is 7.00. The maximum absolute atomic E-state index is 11.1. The fourth-order valence-corrected chi connectivity index (χ4v) is 2.79. The first kappa shape index (κ1) is 12.8. The SMILES string of the molecule is CC(CNCC1CCC(=O)N1)N1CCCCC1. The van der Waals surface area contributed by atoms with E-state index in [4.69, 9.17) is 0 Å². The van der Waals surface area contributed by atoms with E-state index in [1.165, 1.54) is 32.4 Å². The average Bonchev–Trinajstić information content (AvgIpc) is 2.76. The van der Waals surface area contributed by atoms with Crippen molar-refractivity contribution in [2.24, 2.45) is 0 Å². The maximum Gasteiger partial charge on any atom is 0.220 e. The quantitative estimate of drug-likeness (QED) is 0.743. The van der Waals surface area contributed by atoms with Crippen molar-refractivity contribution >= 4 is 5.91 Å². The van der Waals surface area contributed by atoms with Gasteiger partial charge in [0.15, 0.2) is 0 Å². The van der Waals surface area contributed by atoms with Crippen LogP contribution < -0.4 is 10.6 Å². The Morgan fingerprint density at radius 2 is 2.18 bits per heavy atom. The van der Waals surface area contributed by atoms with Gasteiger partial charge in [0.2, 0.25) is 5.91 Å². The monoisotopic (exact) mass is 239 g/mol. The molecule has 0 aromatic rings. The summed E-state index contributed by atoms with van der Waals surface area (Å²) in [6.07, 6.45) is 5.79. The highest BCUT2D eigenvalue weighted by molar-refractivity contribution is 5.78. The Bertz CT molecular complexity index is 251. The number of rotatable bonds is 5. The molecule has 1 amide bonds. The molecule has 0 radical (unpaired) electrons. The van der Waals surface area contributed by atoms with Gasteiger partial charge in [-0.1, -0.05) is 6.42 Å². The molecule has 0 bridgehead atoms. The topological polar surface area (TPSA) is 44.4 Å². The number of carbonyl (C=O) groups excluding carboxylic acids is 1. The lowest BCUT2D eigenvalue weighted by molar-refractivity contribution is -0.119. The highest BCUT2D eigenvalue weighted by Gasteiger charge is 2.21. The zero-order valence-electron chi connectivity index (χ0n) is 10.9. The van der Waals surface area contributed by atoms with Crippen LogP contribution in [0.2, 0.25) is 0 Å². The molecule has 0 aliphatic carbocycles. The summed E-state index contributed by atoms with van der Waals surface area (Å²) in [5.41, 5.74) is 0. The molecule has 2 unspecified atom stereocenters. The average molecular weight is 239 g/mol. The Morgan fingerprint density at radius 1 is 1.41 bits per heavy atom. The van der Waals surface area contributed by atoms with Crippen LogP contribution in [0.4, 0.5) is 0 Å². The molecule has 17 heavy (non-hydrogen) atoms. The van der Waals surface area contributed by atoms with Crippen LogP contribution in [0.1, 0.15) is 39.0 Å². The number of likely N-dealkylation sites (tertiary alicyclic amines) is 1. The Balaban J connectivity index is 1.59. The molecule has 0 aromatic carbocycles. The van der Waals surface area contributed by atoms with Gasteiger partial charge in [-0.25, -0.2) is 0 Å². The lowest BCUT2D eigenvalue weighted by Crippen LogP contribution is -2.45. The van der Waals surface area contributed by atoms with Gasteiger partial charge in [0.1, 0.15) is 0 Å². The zero-order valence-corrected chi connectivity index (χ0v) is 10.9. The van der Waals surface area contributed by atoms with Gasteiger partial charge >= 0.3 is 0 Å². The number of piperidine rings is 1. The van der Waals surface area contributed by atoms with E-state index in [-0.39, 0.29) is 5.91 Å². The molecule has 98 valence electrons. The Hall–Kier alpha value is -0.610. The van der Waals surface area contributed by atoms with Crippen LogP contribution in [0.3, 0.4) is 0 Å². The third-order valence-corrected chi connectivity index (χ3v) is 3.93. The van der Waals surface area contributed by atoms with E-state index in [9.17, 15) is 4.79 Å². The molecular weight excluding hydrogens is 214 g/mol. The lowest BCUT2D eigenvalue weighted by Gasteiger charge is -2.32. The molecule has 2 aliphatic heterocycles. The van der Waals surface area contributed by atoms with E-state index in [1.807, 2.05) is 0 Å². The van der Waals surface area contributed by atoms with Crippen LogP contribution >= 0.6 is 0 Å². The predicted octanol–water partition coefficient (Wildman–Crippen LogP) is 0.729. The van der Waals surface area contributed by atoms with Crippen LogP contribution in [0.5, 0.6) is 0 Å². The Kier molecular flexibility index (Phi) is 4.80. The molecule has 2 N–H and O–H groups in total. The van der Waals surface area contributed by atoms with Gasteiger partial charge in [0.25, 0.3) is 0 Å². The Morgan fingerprint density at radius 3 is 2.82 bits per heavy atom. The Labute approximate surface area is 104 Å². The van der Waals surface area contributed by atoms with Crippen molar-refractivity contribution in [3.63, 3.8) is 0 Å². The summed E-state index contributed by atoms with van der Waals surface area (Å²) in [5, 5.41) is 6.48.